The smallest absolute Gasteiger partial charge is 0.0631 e. The Labute approximate surface area is 100 Å². The summed E-state index contributed by atoms with van der Waals surface area (Å²) in [5, 5.41) is 0. The lowest BCUT2D eigenvalue weighted by atomic mass is 10.1. The maximum absolute atomic E-state index is 5.48. The van der Waals surface area contributed by atoms with Crippen LogP contribution in [-0.2, 0) is 0 Å². The predicted octanol–water partition coefficient (Wildman–Crippen LogP) is 5.12. The third-order valence-corrected chi connectivity index (χ3v) is 4.94. The van der Waals surface area contributed by atoms with Crippen molar-refractivity contribution < 1.29 is 0 Å². The van der Waals surface area contributed by atoms with E-state index in [0.717, 1.165) is 5.92 Å². The fourth-order valence-corrected chi connectivity index (χ4v) is 3.01. The molecule has 0 saturated carbocycles. The Hall–Kier alpha value is 0.700. The highest BCUT2D eigenvalue weighted by molar-refractivity contribution is 8.10. The molecule has 0 spiro atoms. The monoisotopic (exact) mass is 233 g/mol. The molecule has 3 unspecified atom stereocenters. The van der Waals surface area contributed by atoms with Crippen molar-refractivity contribution in [3.05, 3.63) is 0 Å². The van der Waals surface area contributed by atoms with Crippen LogP contribution in [0.4, 0.5) is 0 Å². The Morgan fingerprint density at radius 3 is 2.29 bits per heavy atom. The third-order valence-electron chi connectivity index (χ3n) is 2.80. The van der Waals surface area contributed by atoms with Crippen molar-refractivity contribution in [3.8, 4) is 0 Å². The van der Waals surface area contributed by atoms with Crippen molar-refractivity contribution in [2.75, 3.05) is 5.75 Å². The molecule has 1 radical (unpaired) electrons. The quantitative estimate of drug-likeness (QED) is 0.561. The molecule has 0 rings (SSSR count). The lowest BCUT2D eigenvalue weighted by Crippen LogP contribution is -2.08. The average Bonchev–Trinajstić information content (AvgIpc) is 2.17. The zero-order chi connectivity index (χ0) is 11.0. The fraction of sp³-hybridized carbons (Fsp3) is 1.00. The SMILES string of the molecule is CCCC(C)C([S])SCCC(C)CC. The third kappa shape index (κ3) is 7.05. The van der Waals surface area contributed by atoms with Gasteiger partial charge >= 0.3 is 0 Å². The summed E-state index contributed by atoms with van der Waals surface area (Å²) >= 11 is 7.46. The molecule has 14 heavy (non-hydrogen) atoms. The molecule has 0 amide bonds. The second kappa shape index (κ2) is 8.96. The first kappa shape index (κ1) is 14.7. The van der Waals surface area contributed by atoms with Crippen LogP contribution in [0.1, 0.15) is 53.4 Å². The molecule has 0 nitrogen and oxygen atoms in total. The zero-order valence-electron chi connectivity index (χ0n) is 10.1. The molecule has 0 saturated heterocycles. The first-order valence-corrected chi connectivity index (χ1v) is 7.41. The summed E-state index contributed by atoms with van der Waals surface area (Å²) in [5.74, 6) is 2.82. The van der Waals surface area contributed by atoms with Gasteiger partial charge in [-0.3, -0.25) is 0 Å². The van der Waals surface area contributed by atoms with E-state index in [9.17, 15) is 0 Å². The van der Waals surface area contributed by atoms with Gasteiger partial charge in [-0.1, -0.05) is 53.2 Å². The van der Waals surface area contributed by atoms with Crippen molar-refractivity contribution in [1.82, 2.24) is 0 Å². The maximum Gasteiger partial charge on any atom is 0.0631 e. The van der Waals surface area contributed by atoms with Crippen LogP contribution >= 0.6 is 24.4 Å². The van der Waals surface area contributed by atoms with E-state index >= 15 is 0 Å². The minimum atomic E-state index is 0.430. The molecule has 85 valence electrons. The first-order chi connectivity index (χ1) is 6.61. The lowest BCUT2D eigenvalue weighted by molar-refractivity contribution is 0.545. The van der Waals surface area contributed by atoms with E-state index in [1.165, 1.54) is 31.4 Å². The largest absolute Gasteiger partial charge is 0.146 e. The molecule has 3 atom stereocenters. The highest BCUT2D eigenvalue weighted by Gasteiger charge is 2.13. The Kier molecular flexibility index (Phi) is 9.41. The Morgan fingerprint density at radius 1 is 1.14 bits per heavy atom. The van der Waals surface area contributed by atoms with Gasteiger partial charge in [0.15, 0.2) is 0 Å². The number of thioether (sulfide) groups is 1. The summed E-state index contributed by atoms with van der Waals surface area (Å²) in [7, 11) is 0. The van der Waals surface area contributed by atoms with Gasteiger partial charge < -0.3 is 0 Å². The summed E-state index contributed by atoms with van der Waals surface area (Å²) < 4.78 is 0.430. The molecule has 0 heterocycles. The van der Waals surface area contributed by atoms with Gasteiger partial charge in [-0.25, -0.2) is 0 Å². The van der Waals surface area contributed by atoms with Crippen LogP contribution in [0.15, 0.2) is 0 Å². The molecular weight excluding hydrogens is 208 g/mol. The van der Waals surface area contributed by atoms with Gasteiger partial charge in [0.1, 0.15) is 0 Å². The molecule has 0 aromatic rings. The Bertz CT molecular complexity index is 125. The van der Waals surface area contributed by atoms with Crippen molar-refractivity contribution >= 4 is 24.4 Å². The standard InChI is InChI=1S/C12H25S2/c1-5-7-11(4)12(13)14-9-8-10(3)6-2/h10-12H,5-9H2,1-4H3. The van der Waals surface area contributed by atoms with Gasteiger partial charge in [0.25, 0.3) is 0 Å². The van der Waals surface area contributed by atoms with E-state index in [1.54, 1.807) is 0 Å². The summed E-state index contributed by atoms with van der Waals surface area (Å²) in [5.41, 5.74) is 0. The molecule has 0 aliphatic rings. The van der Waals surface area contributed by atoms with Crippen LogP contribution in [0.3, 0.4) is 0 Å². The second-order valence-corrected chi connectivity index (χ2v) is 6.36. The summed E-state index contributed by atoms with van der Waals surface area (Å²) in [4.78, 5) is 0. The Balaban J connectivity index is 3.47. The van der Waals surface area contributed by atoms with Crippen molar-refractivity contribution in [1.29, 1.82) is 0 Å². The molecule has 0 aromatic heterocycles. The topological polar surface area (TPSA) is 0 Å². The predicted molar refractivity (Wildman–Crippen MR) is 72.0 cm³/mol. The lowest BCUT2D eigenvalue weighted by Gasteiger charge is -2.17. The number of hydrogen-bond donors (Lipinski definition) is 0. The molecule has 0 N–H and O–H groups in total. The Morgan fingerprint density at radius 2 is 1.79 bits per heavy atom. The first-order valence-electron chi connectivity index (χ1n) is 5.89. The van der Waals surface area contributed by atoms with E-state index in [4.69, 9.17) is 12.6 Å². The maximum atomic E-state index is 5.48. The van der Waals surface area contributed by atoms with E-state index in [0.29, 0.717) is 10.5 Å². The highest BCUT2D eigenvalue weighted by atomic mass is 32.2. The van der Waals surface area contributed by atoms with Gasteiger partial charge in [0.2, 0.25) is 0 Å². The zero-order valence-corrected chi connectivity index (χ0v) is 11.7. The molecular formula is C12H25S2. The highest BCUT2D eigenvalue weighted by Crippen LogP contribution is 2.27. The van der Waals surface area contributed by atoms with E-state index in [1.807, 2.05) is 11.8 Å². The van der Waals surface area contributed by atoms with Crippen LogP contribution < -0.4 is 0 Å². The minimum absolute atomic E-state index is 0.430. The van der Waals surface area contributed by atoms with Gasteiger partial charge in [-0.05, 0) is 30.4 Å². The fourth-order valence-electron chi connectivity index (χ4n) is 1.35. The van der Waals surface area contributed by atoms with E-state index < -0.39 is 0 Å². The molecule has 0 aliphatic carbocycles. The summed E-state index contributed by atoms with van der Waals surface area (Å²) in [6.45, 7) is 9.12. The average molecular weight is 233 g/mol. The van der Waals surface area contributed by atoms with Crippen LogP contribution in [0.2, 0.25) is 0 Å². The van der Waals surface area contributed by atoms with Crippen LogP contribution in [-0.4, -0.2) is 10.3 Å². The van der Waals surface area contributed by atoms with Gasteiger partial charge in [0, 0.05) is 0 Å². The van der Waals surface area contributed by atoms with Gasteiger partial charge in [-0.15, -0.1) is 11.8 Å². The van der Waals surface area contributed by atoms with E-state index in [-0.39, 0.29) is 0 Å². The second-order valence-electron chi connectivity index (χ2n) is 4.31. The summed E-state index contributed by atoms with van der Waals surface area (Å²) in [6, 6.07) is 0. The molecule has 0 aromatic carbocycles. The molecule has 0 aliphatic heterocycles. The number of hydrogen-bond acceptors (Lipinski definition) is 1. The van der Waals surface area contributed by atoms with Gasteiger partial charge in [-0.2, -0.15) is 0 Å². The summed E-state index contributed by atoms with van der Waals surface area (Å²) in [6.07, 6.45) is 5.17. The molecule has 2 heteroatoms. The molecule has 0 fully saturated rings. The van der Waals surface area contributed by atoms with E-state index in [2.05, 4.69) is 27.7 Å². The van der Waals surface area contributed by atoms with Crippen LogP contribution in [0, 0.1) is 11.8 Å². The van der Waals surface area contributed by atoms with Crippen molar-refractivity contribution in [2.45, 2.75) is 58.0 Å². The number of rotatable bonds is 8. The van der Waals surface area contributed by atoms with Crippen molar-refractivity contribution in [2.24, 2.45) is 11.8 Å². The minimum Gasteiger partial charge on any atom is -0.146 e. The normalized spacial score (nSPS) is 17.8. The van der Waals surface area contributed by atoms with Crippen molar-refractivity contribution in [3.63, 3.8) is 0 Å². The van der Waals surface area contributed by atoms with Crippen LogP contribution in [0.5, 0.6) is 0 Å². The van der Waals surface area contributed by atoms with Gasteiger partial charge in [0.05, 0.1) is 4.58 Å². The molecule has 0 bridgehead atoms. The van der Waals surface area contributed by atoms with Crippen LogP contribution in [0.25, 0.3) is 0 Å².